The van der Waals surface area contributed by atoms with Crippen molar-refractivity contribution in [1.29, 1.82) is 0 Å². The van der Waals surface area contributed by atoms with E-state index in [0.717, 1.165) is 24.6 Å². The van der Waals surface area contributed by atoms with E-state index in [1.165, 1.54) is 77.0 Å². The summed E-state index contributed by atoms with van der Waals surface area (Å²) in [6.07, 6.45) is 16.6. The van der Waals surface area contributed by atoms with Crippen LogP contribution in [0.2, 0.25) is 0 Å². The standard InChI is InChI=1S/C22H39NO/c1-3-5-6-7-8-9-10-11-12-13-14-15-19-24-22-18-16-17-21(20-22)23-4-2/h16-18,20,23H,3-15,19H2,1-2H3. The Morgan fingerprint density at radius 2 is 1.33 bits per heavy atom. The minimum atomic E-state index is 0.840. The zero-order valence-corrected chi connectivity index (χ0v) is 16.1. The predicted molar refractivity (Wildman–Crippen MR) is 107 cm³/mol. The molecule has 0 amide bonds. The Hall–Kier alpha value is -1.18. The second kappa shape index (κ2) is 15.4. The number of rotatable bonds is 16. The molecule has 0 aliphatic carbocycles. The fourth-order valence-electron chi connectivity index (χ4n) is 3.03. The lowest BCUT2D eigenvalue weighted by Gasteiger charge is -2.08. The molecule has 2 nitrogen and oxygen atoms in total. The van der Waals surface area contributed by atoms with Crippen LogP contribution in [0.5, 0.6) is 5.75 Å². The molecule has 0 unspecified atom stereocenters. The van der Waals surface area contributed by atoms with Gasteiger partial charge in [-0.15, -0.1) is 0 Å². The molecule has 0 saturated carbocycles. The zero-order chi connectivity index (χ0) is 17.3. The van der Waals surface area contributed by atoms with E-state index in [4.69, 9.17) is 4.74 Å². The van der Waals surface area contributed by atoms with Crippen molar-refractivity contribution in [3.05, 3.63) is 24.3 Å². The van der Waals surface area contributed by atoms with Gasteiger partial charge >= 0.3 is 0 Å². The van der Waals surface area contributed by atoms with Gasteiger partial charge in [-0.3, -0.25) is 0 Å². The Kier molecular flexibility index (Phi) is 13.3. The molecule has 0 fully saturated rings. The van der Waals surface area contributed by atoms with Gasteiger partial charge in [0.1, 0.15) is 5.75 Å². The van der Waals surface area contributed by atoms with Gasteiger partial charge in [0, 0.05) is 18.3 Å². The minimum absolute atomic E-state index is 0.840. The quantitative estimate of drug-likeness (QED) is 0.323. The van der Waals surface area contributed by atoms with E-state index in [1.807, 2.05) is 6.07 Å². The van der Waals surface area contributed by atoms with Gasteiger partial charge in [0.25, 0.3) is 0 Å². The number of hydrogen-bond acceptors (Lipinski definition) is 2. The molecule has 138 valence electrons. The number of unbranched alkanes of at least 4 members (excludes halogenated alkanes) is 11. The molecule has 1 aromatic carbocycles. The van der Waals surface area contributed by atoms with Crippen molar-refractivity contribution >= 4 is 5.69 Å². The summed E-state index contributed by atoms with van der Waals surface area (Å²) in [6.45, 7) is 6.18. The molecule has 2 heteroatoms. The highest BCUT2D eigenvalue weighted by atomic mass is 16.5. The van der Waals surface area contributed by atoms with E-state index >= 15 is 0 Å². The smallest absolute Gasteiger partial charge is 0.121 e. The first kappa shape index (κ1) is 20.9. The largest absolute Gasteiger partial charge is 0.494 e. The molecule has 0 aliphatic rings. The maximum atomic E-state index is 5.84. The summed E-state index contributed by atoms with van der Waals surface area (Å²) in [7, 11) is 0. The number of ether oxygens (including phenoxy) is 1. The highest BCUT2D eigenvalue weighted by molar-refractivity contribution is 5.47. The Bertz CT molecular complexity index is 391. The highest BCUT2D eigenvalue weighted by Gasteiger charge is 1.97. The van der Waals surface area contributed by atoms with E-state index in [0.29, 0.717) is 0 Å². The summed E-state index contributed by atoms with van der Waals surface area (Å²) in [5.41, 5.74) is 1.14. The highest BCUT2D eigenvalue weighted by Crippen LogP contribution is 2.18. The second-order valence-corrected chi connectivity index (χ2v) is 6.80. The average molecular weight is 334 g/mol. The molecule has 0 bridgehead atoms. The van der Waals surface area contributed by atoms with Crippen molar-refractivity contribution in [3.63, 3.8) is 0 Å². The molecular formula is C22H39NO. The maximum Gasteiger partial charge on any atom is 0.121 e. The fraction of sp³-hybridized carbons (Fsp3) is 0.727. The third-order valence-corrected chi connectivity index (χ3v) is 4.48. The number of nitrogens with one attached hydrogen (secondary N) is 1. The summed E-state index contributed by atoms with van der Waals surface area (Å²) in [4.78, 5) is 0. The van der Waals surface area contributed by atoms with E-state index < -0.39 is 0 Å². The van der Waals surface area contributed by atoms with Crippen LogP contribution in [0.4, 0.5) is 5.69 Å². The average Bonchev–Trinajstić information content (AvgIpc) is 2.60. The van der Waals surface area contributed by atoms with Gasteiger partial charge < -0.3 is 10.1 Å². The van der Waals surface area contributed by atoms with Crippen LogP contribution >= 0.6 is 0 Å². The second-order valence-electron chi connectivity index (χ2n) is 6.80. The van der Waals surface area contributed by atoms with E-state index in [9.17, 15) is 0 Å². The molecule has 0 atom stereocenters. The van der Waals surface area contributed by atoms with E-state index in [1.54, 1.807) is 0 Å². The first-order valence-electron chi connectivity index (χ1n) is 10.3. The molecule has 0 saturated heterocycles. The van der Waals surface area contributed by atoms with Gasteiger partial charge in [0.05, 0.1) is 6.61 Å². The van der Waals surface area contributed by atoms with Crippen LogP contribution in [0.1, 0.15) is 90.9 Å². The lowest BCUT2D eigenvalue weighted by molar-refractivity contribution is 0.304. The summed E-state index contributed by atoms with van der Waals surface area (Å²) in [5.74, 6) is 0.983. The van der Waals surface area contributed by atoms with E-state index in [-0.39, 0.29) is 0 Å². The Morgan fingerprint density at radius 3 is 1.92 bits per heavy atom. The molecule has 1 rings (SSSR count). The SMILES string of the molecule is CCCCCCCCCCCCCCOc1cccc(NCC)c1. The number of anilines is 1. The lowest BCUT2D eigenvalue weighted by Crippen LogP contribution is -1.99. The Labute approximate surface area is 150 Å². The third kappa shape index (κ3) is 11.4. The molecule has 0 aromatic heterocycles. The Balaban J connectivity index is 1.88. The summed E-state index contributed by atoms with van der Waals surface area (Å²) in [6, 6.07) is 8.26. The molecule has 1 aromatic rings. The van der Waals surface area contributed by atoms with Crippen molar-refractivity contribution in [2.24, 2.45) is 0 Å². The van der Waals surface area contributed by atoms with Crippen LogP contribution in [0.3, 0.4) is 0 Å². The van der Waals surface area contributed by atoms with Crippen molar-refractivity contribution in [2.75, 3.05) is 18.5 Å². The minimum Gasteiger partial charge on any atom is -0.494 e. The maximum absolute atomic E-state index is 5.84. The topological polar surface area (TPSA) is 21.3 Å². The Morgan fingerprint density at radius 1 is 0.750 bits per heavy atom. The van der Waals surface area contributed by atoms with E-state index in [2.05, 4.69) is 37.4 Å². The molecule has 0 radical (unpaired) electrons. The monoisotopic (exact) mass is 333 g/mol. The van der Waals surface area contributed by atoms with Gasteiger partial charge in [-0.2, -0.15) is 0 Å². The van der Waals surface area contributed by atoms with Gasteiger partial charge in [-0.25, -0.2) is 0 Å². The zero-order valence-electron chi connectivity index (χ0n) is 16.1. The van der Waals surface area contributed by atoms with Crippen LogP contribution in [-0.2, 0) is 0 Å². The van der Waals surface area contributed by atoms with Gasteiger partial charge in [0.15, 0.2) is 0 Å². The molecule has 0 heterocycles. The predicted octanol–water partition coefficient (Wildman–Crippen LogP) is 7.20. The van der Waals surface area contributed by atoms with Crippen molar-refractivity contribution < 1.29 is 4.74 Å². The van der Waals surface area contributed by atoms with Crippen molar-refractivity contribution in [2.45, 2.75) is 90.9 Å². The van der Waals surface area contributed by atoms with Crippen LogP contribution < -0.4 is 10.1 Å². The summed E-state index contributed by atoms with van der Waals surface area (Å²) in [5, 5.41) is 3.32. The molecule has 24 heavy (non-hydrogen) atoms. The van der Waals surface area contributed by atoms with Crippen molar-refractivity contribution in [3.8, 4) is 5.75 Å². The molecular weight excluding hydrogens is 294 g/mol. The molecule has 0 aliphatic heterocycles. The third-order valence-electron chi connectivity index (χ3n) is 4.48. The first-order valence-corrected chi connectivity index (χ1v) is 10.3. The van der Waals surface area contributed by atoms with Crippen LogP contribution in [0.15, 0.2) is 24.3 Å². The van der Waals surface area contributed by atoms with Crippen LogP contribution in [0, 0.1) is 0 Å². The lowest BCUT2D eigenvalue weighted by atomic mass is 10.1. The van der Waals surface area contributed by atoms with Crippen LogP contribution in [-0.4, -0.2) is 13.2 Å². The van der Waals surface area contributed by atoms with Gasteiger partial charge in [-0.1, -0.05) is 83.6 Å². The molecule has 1 N–H and O–H groups in total. The molecule has 0 spiro atoms. The first-order chi connectivity index (χ1) is 11.9. The summed E-state index contributed by atoms with van der Waals surface area (Å²) >= 11 is 0. The van der Waals surface area contributed by atoms with Crippen LogP contribution in [0.25, 0.3) is 0 Å². The van der Waals surface area contributed by atoms with Gasteiger partial charge in [-0.05, 0) is 25.5 Å². The normalized spacial score (nSPS) is 10.8. The van der Waals surface area contributed by atoms with Crippen molar-refractivity contribution in [1.82, 2.24) is 0 Å². The van der Waals surface area contributed by atoms with Gasteiger partial charge in [0.2, 0.25) is 0 Å². The number of benzene rings is 1. The fourth-order valence-corrected chi connectivity index (χ4v) is 3.03. The summed E-state index contributed by atoms with van der Waals surface area (Å²) < 4.78 is 5.84. The number of hydrogen-bond donors (Lipinski definition) is 1.